The van der Waals surface area contributed by atoms with E-state index in [9.17, 15) is 13.2 Å². The summed E-state index contributed by atoms with van der Waals surface area (Å²) >= 11 is 1.43. The molecule has 4 rings (SSSR count). The third-order valence-electron chi connectivity index (χ3n) is 3.79. The van der Waals surface area contributed by atoms with Crippen LogP contribution < -0.4 is 0 Å². The monoisotopic (exact) mass is 356 g/mol. The van der Waals surface area contributed by atoms with E-state index < -0.39 is 15.9 Å². The minimum atomic E-state index is -3.80. The standard InChI is InChI=1S/C17H12N2O3S2/c20-17-14-8-4-5-9-15(14)24(21,22)19(17)10-13-11-23-16(18-13)12-6-2-1-3-7-12/h1-9,11H,10H2. The SMILES string of the molecule is O=C1c2ccccc2S(=O)(=O)N1Cc1csc(-c2ccccc2)n1. The molecule has 0 bridgehead atoms. The van der Waals surface area contributed by atoms with E-state index in [4.69, 9.17) is 0 Å². The van der Waals surface area contributed by atoms with Crippen molar-refractivity contribution >= 4 is 27.3 Å². The molecule has 0 N–H and O–H groups in total. The fourth-order valence-electron chi connectivity index (χ4n) is 2.63. The summed E-state index contributed by atoms with van der Waals surface area (Å²) < 4.78 is 26.0. The van der Waals surface area contributed by atoms with Gasteiger partial charge in [0.25, 0.3) is 15.9 Å². The molecular formula is C17H12N2O3S2. The number of hydrogen-bond donors (Lipinski definition) is 0. The second-order valence-corrected chi connectivity index (χ2v) is 8.01. The van der Waals surface area contributed by atoms with Crippen LogP contribution in [0.2, 0.25) is 0 Å². The average molecular weight is 356 g/mol. The van der Waals surface area contributed by atoms with Crippen LogP contribution in [0.25, 0.3) is 10.6 Å². The summed E-state index contributed by atoms with van der Waals surface area (Å²) in [4.78, 5) is 16.9. The predicted octanol–water partition coefficient (Wildman–Crippen LogP) is 3.15. The predicted molar refractivity (Wildman–Crippen MR) is 91.1 cm³/mol. The van der Waals surface area contributed by atoms with Gasteiger partial charge >= 0.3 is 0 Å². The van der Waals surface area contributed by atoms with Crippen molar-refractivity contribution in [3.05, 3.63) is 71.2 Å². The molecule has 1 aromatic heterocycles. The van der Waals surface area contributed by atoms with Gasteiger partial charge in [0.05, 0.1) is 17.8 Å². The molecule has 5 nitrogen and oxygen atoms in total. The minimum absolute atomic E-state index is 0.0564. The Morgan fingerprint density at radius 1 is 1.00 bits per heavy atom. The Hall–Kier alpha value is -2.51. The molecule has 0 unspecified atom stereocenters. The van der Waals surface area contributed by atoms with Crippen LogP contribution in [0.4, 0.5) is 0 Å². The number of nitrogens with zero attached hydrogens (tertiary/aromatic N) is 2. The summed E-state index contributed by atoms with van der Waals surface area (Å²) in [5.74, 6) is -0.500. The first-order valence-electron chi connectivity index (χ1n) is 7.23. The van der Waals surface area contributed by atoms with Crippen LogP contribution in [0.15, 0.2) is 64.9 Å². The van der Waals surface area contributed by atoms with Crippen molar-refractivity contribution in [3.8, 4) is 10.6 Å². The normalized spacial score (nSPS) is 15.5. The summed E-state index contributed by atoms with van der Waals surface area (Å²) in [6.45, 7) is -0.0564. The number of fused-ring (bicyclic) bond motifs is 1. The van der Waals surface area contributed by atoms with E-state index in [1.807, 2.05) is 30.3 Å². The van der Waals surface area contributed by atoms with Gasteiger partial charge in [0.1, 0.15) is 9.90 Å². The van der Waals surface area contributed by atoms with E-state index in [1.165, 1.54) is 23.5 Å². The van der Waals surface area contributed by atoms with Crippen LogP contribution in [0.1, 0.15) is 16.1 Å². The number of hydrogen-bond acceptors (Lipinski definition) is 5. The first-order valence-corrected chi connectivity index (χ1v) is 9.55. The van der Waals surface area contributed by atoms with E-state index in [2.05, 4.69) is 4.98 Å². The molecule has 1 aliphatic heterocycles. The molecule has 2 heterocycles. The molecule has 24 heavy (non-hydrogen) atoms. The maximum absolute atomic E-state index is 12.6. The molecule has 1 amide bonds. The van der Waals surface area contributed by atoms with Crippen LogP contribution >= 0.6 is 11.3 Å². The molecule has 0 saturated heterocycles. The third kappa shape index (κ3) is 2.33. The lowest BCUT2D eigenvalue weighted by Gasteiger charge is -2.13. The molecule has 7 heteroatoms. The topological polar surface area (TPSA) is 67.3 Å². The number of sulfonamides is 1. The van der Waals surface area contributed by atoms with Crippen molar-refractivity contribution in [2.75, 3.05) is 0 Å². The van der Waals surface area contributed by atoms with Crippen LogP contribution in [0.3, 0.4) is 0 Å². The summed E-state index contributed by atoms with van der Waals surface area (Å²) in [6.07, 6.45) is 0. The summed E-state index contributed by atoms with van der Waals surface area (Å²) in [6, 6.07) is 15.9. The lowest BCUT2D eigenvalue weighted by atomic mass is 10.2. The van der Waals surface area contributed by atoms with E-state index in [0.29, 0.717) is 5.69 Å². The molecule has 0 atom stereocenters. The Morgan fingerprint density at radius 3 is 2.46 bits per heavy atom. The second kappa shape index (κ2) is 5.54. The molecule has 0 radical (unpaired) electrons. The first kappa shape index (κ1) is 15.0. The zero-order valence-electron chi connectivity index (χ0n) is 12.4. The summed E-state index contributed by atoms with van der Waals surface area (Å²) in [7, 11) is -3.80. The molecule has 1 aliphatic rings. The highest BCUT2D eigenvalue weighted by Gasteiger charge is 2.41. The fourth-order valence-corrected chi connectivity index (χ4v) is 4.98. The van der Waals surface area contributed by atoms with Crippen molar-refractivity contribution in [1.29, 1.82) is 0 Å². The van der Waals surface area contributed by atoms with E-state index in [-0.39, 0.29) is 17.0 Å². The van der Waals surface area contributed by atoms with Gasteiger partial charge in [0.15, 0.2) is 0 Å². The molecule has 0 spiro atoms. The quantitative estimate of drug-likeness (QED) is 0.723. The van der Waals surface area contributed by atoms with E-state index >= 15 is 0 Å². The van der Waals surface area contributed by atoms with Gasteiger partial charge in [-0.05, 0) is 12.1 Å². The van der Waals surface area contributed by atoms with Gasteiger partial charge in [-0.2, -0.15) is 0 Å². The number of benzene rings is 2. The van der Waals surface area contributed by atoms with Gasteiger partial charge in [0.2, 0.25) is 0 Å². The molecule has 2 aromatic carbocycles. The largest absolute Gasteiger partial charge is 0.269 e. The number of thiazole rings is 1. The molecule has 0 aliphatic carbocycles. The third-order valence-corrected chi connectivity index (χ3v) is 6.52. The Bertz CT molecular complexity index is 1030. The summed E-state index contributed by atoms with van der Waals surface area (Å²) in [5.41, 5.74) is 1.74. The summed E-state index contributed by atoms with van der Waals surface area (Å²) in [5, 5.41) is 2.58. The van der Waals surface area contributed by atoms with Crippen LogP contribution in [-0.2, 0) is 16.6 Å². The first-order chi connectivity index (χ1) is 11.6. The highest BCUT2D eigenvalue weighted by atomic mass is 32.2. The zero-order chi connectivity index (χ0) is 16.7. The molecule has 0 saturated carbocycles. The lowest BCUT2D eigenvalue weighted by molar-refractivity contribution is 0.0864. The van der Waals surface area contributed by atoms with Crippen molar-refractivity contribution in [2.24, 2.45) is 0 Å². The van der Waals surface area contributed by atoms with Crippen LogP contribution in [0.5, 0.6) is 0 Å². The number of carbonyl (C=O) groups excluding carboxylic acids is 1. The number of carbonyl (C=O) groups is 1. The minimum Gasteiger partial charge on any atom is -0.268 e. The molecule has 3 aromatic rings. The smallest absolute Gasteiger partial charge is 0.268 e. The Kier molecular flexibility index (Phi) is 3.47. The fraction of sp³-hybridized carbons (Fsp3) is 0.0588. The number of amides is 1. The molecule has 0 fully saturated rings. The van der Waals surface area contributed by atoms with Crippen molar-refractivity contribution < 1.29 is 13.2 Å². The highest BCUT2D eigenvalue weighted by molar-refractivity contribution is 7.90. The van der Waals surface area contributed by atoms with Crippen molar-refractivity contribution in [3.63, 3.8) is 0 Å². The zero-order valence-corrected chi connectivity index (χ0v) is 14.0. The van der Waals surface area contributed by atoms with Gasteiger partial charge in [0, 0.05) is 10.9 Å². The van der Waals surface area contributed by atoms with E-state index in [0.717, 1.165) is 14.9 Å². The van der Waals surface area contributed by atoms with Gasteiger partial charge < -0.3 is 0 Å². The number of rotatable bonds is 3. The Balaban J connectivity index is 1.66. The van der Waals surface area contributed by atoms with Crippen LogP contribution in [-0.4, -0.2) is 23.6 Å². The van der Waals surface area contributed by atoms with Crippen molar-refractivity contribution in [2.45, 2.75) is 11.4 Å². The maximum Gasteiger partial charge on any atom is 0.269 e. The number of aromatic nitrogens is 1. The van der Waals surface area contributed by atoms with Crippen LogP contribution in [0, 0.1) is 0 Å². The lowest BCUT2D eigenvalue weighted by Crippen LogP contribution is -2.29. The highest BCUT2D eigenvalue weighted by Crippen LogP contribution is 2.32. The van der Waals surface area contributed by atoms with E-state index in [1.54, 1.807) is 17.5 Å². The molecular weight excluding hydrogens is 344 g/mol. The van der Waals surface area contributed by atoms with Gasteiger partial charge in [-0.15, -0.1) is 11.3 Å². The average Bonchev–Trinajstić information content (AvgIpc) is 3.14. The van der Waals surface area contributed by atoms with Gasteiger partial charge in [-0.1, -0.05) is 42.5 Å². The van der Waals surface area contributed by atoms with Gasteiger partial charge in [-0.3, -0.25) is 4.79 Å². The van der Waals surface area contributed by atoms with Crippen molar-refractivity contribution in [1.82, 2.24) is 9.29 Å². The Morgan fingerprint density at radius 2 is 1.71 bits per heavy atom. The maximum atomic E-state index is 12.6. The molecule has 120 valence electrons. The Labute approximate surface area is 143 Å². The van der Waals surface area contributed by atoms with Gasteiger partial charge in [-0.25, -0.2) is 17.7 Å². The second-order valence-electron chi connectivity index (χ2n) is 5.32.